The van der Waals surface area contributed by atoms with Gasteiger partial charge in [-0.2, -0.15) is 0 Å². The van der Waals surface area contributed by atoms with E-state index in [0.717, 1.165) is 22.9 Å². The van der Waals surface area contributed by atoms with Gasteiger partial charge in [0.2, 0.25) is 0 Å². The largest absolute Gasteiger partial charge is 0.506 e. The molecule has 1 saturated heterocycles. The number of nitrogens with zero attached hydrogens (tertiary/aromatic N) is 1. The first-order valence-corrected chi connectivity index (χ1v) is 9.74. The van der Waals surface area contributed by atoms with E-state index in [2.05, 4.69) is 31.9 Å². The first kappa shape index (κ1) is 18.2. The van der Waals surface area contributed by atoms with Gasteiger partial charge in [-0.25, -0.2) is 0 Å². The highest BCUT2D eigenvalue weighted by atomic mass is 79.9. The Hall–Kier alpha value is -1.57. The fraction of sp³-hybridized carbons (Fsp3) is 0.111. The zero-order valence-corrected chi connectivity index (χ0v) is 17.1. The molecule has 0 saturated carbocycles. The minimum Gasteiger partial charge on any atom is -0.506 e. The molecule has 25 heavy (non-hydrogen) atoms. The molecule has 0 unspecified atom stereocenters. The van der Waals surface area contributed by atoms with Crippen LogP contribution in [0.5, 0.6) is 5.75 Å². The zero-order valence-electron chi connectivity index (χ0n) is 13.1. The third kappa shape index (κ3) is 3.99. The van der Waals surface area contributed by atoms with Crippen LogP contribution in [0.15, 0.2) is 50.2 Å². The van der Waals surface area contributed by atoms with Crippen LogP contribution in [0.25, 0.3) is 6.08 Å². The molecule has 0 bridgehead atoms. The molecule has 7 heteroatoms. The lowest BCUT2D eigenvalue weighted by Gasteiger charge is -2.12. The molecule has 0 atom stereocenters. The lowest BCUT2D eigenvalue weighted by molar-refractivity contribution is -0.123. The summed E-state index contributed by atoms with van der Waals surface area (Å²) in [6.45, 7) is 2.24. The summed E-state index contributed by atoms with van der Waals surface area (Å²) in [5.74, 6) is -0.222. The van der Waals surface area contributed by atoms with E-state index in [0.29, 0.717) is 19.4 Å². The number of imide groups is 1. The maximum absolute atomic E-state index is 12.6. The molecule has 3 rings (SSSR count). The standard InChI is InChI=1S/C18H13Br2NO3S/c1-10-2-4-11(5-3-10)9-21-17(23)15(25-18(21)24)8-12-6-13(19)16(22)14(20)7-12/h2-8,22H,9H2,1H3/b15-8-. The number of aromatic hydroxyl groups is 1. The van der Waals surface area contributed by atoms with Gasteiger partial charge in [-0.3, -0.25) is 14.5 Å². The second-order valence-corrected chi connectivity index (χ2v) is 8.29. The highest BCUT2D eigenvalue weighted by Gasteiger charge is 2.35. The molecule has 1 heterocycles. The van der Waals surface area contributed by atoms with E-state index < -0.39 is 0 Å². The van der Waals surface area contributed by atoms with Crippen LogP contribution < -0.4 is 0 Å². The Bertz CT molecular complexity index is 871. The third-order valence-electron chi connectivity index (χ3n) is 3.67. The number of rotatable bonds is 3. The van der Waals surface area contributed by atoms with Gasteiger partial charge in [0, 0.05) is 0 Å². The van der Waals surface area contributed by atoms with Crippen molar-refractivity contribution in [3.63, 3.8) is 0 Å². The van der Waals surface area contributed by atoms with Gasteiger partial charge in [0.15, 0.2) is 0 Å². The molecular formula is C18H13Br2NO3S. The number of amides is 2. The van der Waals surface area contributed by atoms with Gasteiger partial charge >= 0.3 is 0 Å². The van der Waals surface area contributed by atoms with E-state index >= 15 is 0 Å². The quantitative estimate of drug-likeness (QED) is 0.590. The fourth-order valence-corrected chi connectivity index (χ4v) is 4.39. The summed E-state index contributed by atoms with van der Waals surface area (Å²) >= 11 is 7.43. The van der Waals surface area contributed by atoms with Crippen LogP contribution >= 0.6 is 43.6 Å². The average molecular weight is 483 g/mol. The van der Waals surface area contributed by atoms with Crippen LogP contribution in [0.3, 0.4) is 0 Å². The van der Waals surface area contributed by atoms with E-state index in [4.69, 9.17) is 0 Å². The molecule has 4 nitrogen and oxygen atoms in total. The maximum Gasteiger partial charge on any atom is 0.293 e. The molecule has 2 aromatic rings. The topological polar surface area (TPSA) is 57.6 Å². The predicted molar refractivity (Wildman–Crippen MR) is 106 cm³/mol. The van der Waals surface area contributed by atoms with Gasteiger partial charge in [-0.1, -0.05) is 29.8 Å². The van der Waals surface area contributed by atoms with Gasteiger partial charge in [-0.05, 0) is 79.9 Å². The molecule has 1 aliphatic heterocycles. The van der Waals surface area contributed by atoms with Crippen molar-refractivity contribution in [1.29, 1.82) is 0 Å². The summed E-state index contributed by atoms with van der Waals surface area (Å²) in [7, 11) is 0. The smallest absolute Gasteiger partial charge is 0.293 e. The number of carbonyl (C=O) groups is 2. The average Bonchev–Trinajstić information content (AvgIpc) is 2.82. The highest BCUT2D eigenvalue weighted by molar-refractivity contribution is 9.11. The predicted octanol–water partition coefficient (Wildman–Crippen LogP) is 5.46. The highest BCUT2D eigenvalue weighted by Crippen LogP contribution is 2.37. The Morgan fingerprint density at radius 2 is 1.72 bits per heavy atom. The molecule has 1 fully saturated rings. The van der Waals surface area contributed by atoms with Crippen molar-refractivity contribution in [2.24, 2.45) is 0 Å². The number of hydrogen-bond acceptors (Lipinski definition) is 4. The number of phenolic OH excluding ortho intramolecular Hbond substituents is 1. The van der Waals surface area contributed by atoms with E-state index in [1.54, 1.807) is 18.2 Å². The Morgan fingerprint density at radius 1 is 1.12 bits per heavy atom. The molecule has 128 valence electrons. The number of thioether (sulfide) groups is 1. The Balaban J connectivity index is 1.84. The molecule has 2 amide bonds. The number of halogens is 2. The summed E-state index contributed by atoms with van der Waals surface area (Å²) in [5.41, 5.74) is 2.74. The van der Waals surface area contributed by atoms with E-state index in [1.807, 2.05) is 31.2 Å². The van der Waals surface area contributed by atoms with Crippen molar-refractivity contribution in [1.82, 2.24) is 4.90 Å². The fourth-order valence-electron chi connectivity index (χ4n) is 2.33. The second-order valence-electron chi connectivity index (χ2n) is 5.59. The lowest BCUT2D eigenvalue weighted by atomic mass is 10.1. The van der Waals surface area contributed by atoms with Gasteiger partial charge in [0.25, 0.3) is 11.1 Å². The summed E-state index contributed by atoms with van der Waals surface area (Å²) in [6, 6.07) is 11.1. The van der Waals surface area contributed by atoms with Crippen LogP contribution in [0.2, 0.25) is 0 Å². The van der Waals surface area contributed by atoms with Crippen LogP contribution in [-0.4, -0.2) is 21.2 Å². The first-order valence-electron chi connectivity index (χ1n) is 7.34. The number of hydrogen-bond donors (Lipinski definition) is 1. The van der Waals surface area contributed by atoms with Crippen LogP contribution in [0.4, 0.5) is 4.79 Å². The van der Waals surface area contributed by atoms with Crippen molar-refractivity contribution in [2.75, 3.05) is 0 Å². The van der Waals surface area contributed by atoms with Crippen molar-refractivity contribution < 1.29 is 14.7 Å². The van der Waals surface area contributed by atoms with Gasteiger partial charge in [0.05, 0.1) is 20.4 Å². The lowest BCUT2D eigenvalue weighted by Crippen LogP contribution is -2.27. The van der Waals surface area contributed by atoms with E-state index in [9.17, 15) is 14.7 Å². The van der Waals surface area contributed by atoms with E-state index in [1.165, 1.54) is 4.90 Å². The molecular weight excluding hydrogens is 470 g/mol. The molecule has 0 aliphatic carbocycles. The van der Waals surface area contributed by atoms with E-state index in [-0.39, 0.29) is 23.4 Å². The number of phenols is 1. The first-order chi connectivity index (χ1) is 11.8. The Labute approximate surface area is 166 Å². The summed E-state index contributed by atoms with van der Waals surface area (Å²) in [4.78, 5) is 26.4. The van der Waals surface area contributed by atoms with Crippen molar-refractivity contribution in [3.05, 3.63) is 66.9 Å². The van der Waals surface area contributed by atoms with Crippen molar-refractivity contribution in [3.8, 4) is 5.75 Å². The van der Waals surface area contributed by atoms with Crippen molar-refractivity contribution >= 4 is 60.8 Å². The summed E-state index contributed by atoms with van der Waals surface area (Å²) in [5, 5.41) is 9.48. The van der Waals surface area contributed by atoms with Gasteiger partial charge in [-0.15, -0.1) is 0 Å². The normalized spacial score (nSPS) is 16.1. The minimum atomic E-state index is -0.309. The van der Waals surface area contributed by atoms with Gasteiger partial charge in [0.1, 0.15) is 5.75 Å². The molecule has 0 radical (unpaired) electrons. The molecule has 1 N–H and O–H groups in total. The third-order valence-corrected chi connectivity index (χ3v) is 5.79. The molecule has 2 aromatic carbocycles. The number of aryl methyl sites for hydroxylation is 1. The number of carbonyl (C=O) groups excluding carboxylic acids is 2. The van der Waals surface area contributed by atoms with Crippen LogP contribution in [0, 0.1) is 6.92 Å². The van der Waals surface area contributed by atoms with Crippen LogP contribution in [-0.2, 0) is 11.3 Å². The monoisotopic (exact) mass is 481 g/mol. The Morgan fingerprint density at radius 3 is 2.32 bits per heavy atom. The summed E-state index contributed by atoms with van der Waals surface area (Å²) in [6.07, 6.45) is 1.65. The van der Waals surface area contributed by atoms with Crippen LogP contribution in [0.1, 0.15) is 16.7 Å². The van der Waals surface area contributed by atoms with Gasteiger partial charge < -0.3 is 5.11 Å². The molecule has 1 aliphatic rings. The maximum atomic E-state index is 12.6. The SMILES string of the molecule is Cc1ccc(CN2C(=O)S/C(=C\c3cc(Br)c(O)c(Br)c3)C2=O)cc1. The summed E-state index contributed by atoms with van der Waals surface area (Å²) < 4.78 is 1.01. The second kappa shape index (κ2) is 7.35. The minimum absolute atomic E-state index is 0.0876. The molecule has 0 spiro atoms. The zero-order chi connectivity index (χ0) is 18.1. The van der Waals surface area contributed by atoms with Crippen molar-refractivity contribution in [2.45, 2.75) is 13.5 Å². The number of benzene rings is 2. The Kier molecular flexibility index (Phi) is 5.36. The molecule has 0 aromatic heterocycles.